The highest BCUT2D eigenvalue weighted by atomic mass is 79.9. The van der Waals surface area contributed by atoms with Crippen molar-refractivity contribution in [3.63, 3.8) is 0 Å². The van der Waals surface area contributed by atoms with Gasteiger partial charge in [-0.25, -0.2) is 8.42 Å². The second kappa shape index (κ2) is 4.73. The molecule has 0 atom stereocenters. The van der Waals surface area contributed by atoms with Gasteiger partial charge in [0.1, 0.15) is 5.84 Å². The fourth-order valence-corrected chi connectivity index (χ4v) is 4.50. The zero-order chi connectivity index (χ0) is 13.5. The molecule has 0 unspecified atom stereocenters. The van der Waals surface area contributed by atoms with E-state index in [-0.39, 0.29) is 0 Å². The number of amidine groups is 1. The summed E-state index contributed by atoms with van der Waals surface area (Å²) < 4.78 is 27.3. The number of hydrogen-bond acceptors (Lipinski definition) is 4. The predicted molar refractivity (Wildman–Crippen MR) is 79.0 cm³/mol. The van der Waals surface area contributed by atoms with Gasteiger partial charge in [0, 0.05) is 10.4 Å². The molecular weight excluding hydrogens is 348 g/mol. The number of thiophene rings is 1. The fourth-order valence-electron chi connectivity index (χ4n) is 1.84. The second-order valence-electron chi connectivity index (χ2n) is 3.97. The zero-order valence-electron chi connectivity index (χ0n) is 9.63. The van der Waals surface area contributed by atoms with Crippen LogP contribution in [0.4, 0.5) is 0 Å². The number of hydrogen-bond donors (Lipinski definition) is 1. The smallest absolute Gasteiger partial charge is 0.263 e. The largest absolute Gasteiger partial charge is 0.263 e. The first kappa shape index (κ1) is 12.8. The Morgan fingerprint density at radius 2 is 2.00 bits per heavy atom. The number of aliphatic imine (C=N–C) groups is 1. The van der Waals surface area contributed by atoms with Gasteiger partial charge in [-0.15, -0.1) is 11.3 Å². The first-order valence-corrected chi connectivity index (χ1v) is 8.56. The van der Waals surface area contributed by atoms with Crippen LogP contribution in [0.25, 0.3) is 0 Å². The molecule has 3 rings (SSSR count). The highest BCUT2D eigenvalue weighted by Gasteiger charge is 2.29. The fraction of sp³-hybridized carbons (Fsp3) is 0.0833. The summed E-state index contributed by atoms with van der Waals surface area (Å²) in [6.45, 7) is 0.461. The minimum Gasteiger partial charge on any atom is -0.263 e. The van der Waals surface area contributed by atoms with Crippen molar-refractivity contribution in [2.45, 2.75) is 11.4 Å². The van der Waals surface area contributed by atoms with Crippen molar-refractivity contribution in [2.75, 3.05) is 0 Å². The lowest BCUT2D eigenvalue weighted by Gasteiger charge is -1.97. The van der Waals surface area contributed by atoms with Gasteiger partial charge >= 0.3 is 0 Å². The Morgan fingerprint density at radius 3 is 2.74 bits per heavy atom. The minimum atomic E-state index is -3.44. The Kier molecular flexibility index (Phi) is 3.20. The molecule has 19 heavy (non-hydrogen) atoms. The Hall–Kier alpha value is -1.18. The van der Waals surface area contributed by atoms with E-state index in [9.17, 15) is 8.42 Å². The molecule has 0 aliphatic carbocycles. The van der Waals surface area contributed by atoms with Crippen molar-refractivity contribution in [1.29, 1.82) is 0 Å². The predicted octanol–water partition coefficient (Wildman–Crippen LogP) is 2.75. The molecule has 2 aromatic rings. The van der Waals surface area contributed by atoms with Gasteiger partial charge in [-0.1, -0.05) is 12.1 Å². The van der Waals surface area contributed by atoms with Gasteiger partial charge in [-0.2, -0.15) is 0 Å². The third-order valence-electron chi connectivity index (χ3n) is 2.68. The average molecular weight is 357 g/mol. The highest BCUT2D eigenvalue weighted by Crippen LogP contribution is 2.25. The van der Waals surface area contributed by atoms with E-state index in [4.69, 9.17) is 0 Å². The van der Waals surface area contributed by atoms with Crippen LogP contribution in [0.15, 0.2) is 50.1 Å². The number of sulfonamides is 1. The molecule has 0 bridgehead atoms. The third kappa shape index (κ3) is 2.45. The molecule has 0 amide bonds. The standard InChI is InChI=1S/C12H9BrN2O2S2/c13-11-6-5-8(18-11)7-14-12-9-3-1-2-4-10(9)19(16,17)15-12/h1-6H,7H2,(H,14,15). The molecule has 0 fully saturated rings. The number of halogens is 1. The van der Waals surface area contributed by atoms with Crippen molar-refractivity contribution < 1.29 is 8.42 Å². The molecule has 0 radical (unpaired) electrons. The van der Waals surface area contributed by atoms with Gasteiger partial charge in [0.25, 0.3) is 10.0 Å². The van der Waals surface area contributed by atoms with Crippen LogP contribution < -0.4 is 4.72 Å². The zero-order valence-corrected chi connectivity index (χ0v) is 12.8. The lowest BCUT2D eigenvalue weighted by molar-refractivity contribution is 0.595. The summed E-state index contributed by atoms with van der Waals surface area (Å²) in [5.41, 5.74) is 0.637. The monoisotopic (exact) mass is 356 g/mol. The van der Waals surface area contributed by atoms with Crippen LogP contribution in [0.1, 0.15) is 10.4 Å². The third-order valence-corrected chi connectivity index (χ3v) is 5.69. The molecule has 1 aromatic heterocycles. The van der Waals surface area contributed by atoms with E-state index in [0.717, 1.165) is 8.66 Å². The van der Waals surface area contributed by atoms with E-state index in [0.29, 0.717) is 22.8 Å². The highest BCUT2D eigenvalue weighted by molar-refractivity contribution is 9.11. The van der Waals surface area contributed by atoms with Gasteiger partial charge in [-0.05, 0) is 40.2 Å². The molecule has 98 valence electrons. The molecule has 2 heterocycles. The van der Waals surface area contributed by atoms with Crippen LogP contribution in [0.2, 0.25) is 0 Å². The normalized spacial score (nSPS) is 18.3. The van der Waals surface area contributed by atoms with Crippen molar-refractivity contribution in [3.05, 3.63) is 50.6 Å². The summed E-state index contributed by atoms with van der Waals surface area (Å²) in [5, 5.41) is 0. The Labute approximate surface area is 123 Å². The lowest BCUT2D eigenvalue weighted by Crippen LogP contribution is -2.22. The van der Waals surface area contributed by atoms with Crippen LogP contribution in [0, 0.1) is 0 Å². The quantitative estimate of drug-likeness (QED) is 0.899. The molecule has 7 heteroatoms. The van der Waals surface area contributed by atoms with E-state index in [1.54, 1.807) is 35.6 Å². The number of nitrogens with zero attached hydrogens (tertiary/aromatic N) is 1. The Bertz CT molecular complexity index is 766. The average Bonchev–Trinajstić information content (AvgIpc) is 2.90. The molecule has 1 aliphatic heterocycles. The lowest BCUT2D eigenvalue weighted by atomic mass is 10.2. The molecule has 4 nitrogen and oxygen atoms in total. The van der Waals surface area contributed by atoms with E-state index in [1.165, 1.54) is 0 Å². The van der Waals surface area contributed by atoms with Crippen molar-refractivity contribution in [3.8, 4) is 0 Å². The van der Waals surface area contributed by atoms with Crippen molar-refractivity contribution >= 4 is 43.1 Å². The maximum atomic E-state index is 11.9. The van der Waals surface area contributed by atoms with Gasteiger partial charge in [0.05, 0.1) is 15.2 Å². The van der Waals surface area contributed by atoms with Gasteiger partial charge in [0.15, 0.2) is 0 Å². The van der Waals surface area contributed by atoms with E-state index < -0.39 is 10.0 Å². The van der Waals surface area contributed by atoms with Gasteiger partial charge < -0.3 is 0 Å². The summed E-state index contributed by atoms with van der Waals surface area (Å²) in [7, 11) is -3.44. The van der Waals surface area contributed by atoms with E-state index in [1.807, 2.05) is 12.1 Å². The van der Waals surface area contributed by atoms with E-state index in [2.05, 4.69) is 25.6 Å². The molecule has 1 aliphatic rings. The molecule has 0 spiro atoms. The number of benzene rings is 1. The number of nitrogens with one attached hydrogen (secondary N) is 1. The van der Waals surface area contributed by atoms with E-state index >= 15 is 0 Å². The molecular formula is C12H9BrN2O2S2. The van der Waals surface area contributed by atoms with Gasteiger partial charge in [-0.3, -0.25) is 9.71 Å². The Balaban J connectivity index is 1.95. The number of fused-ring (bicyclic) bond motifs is 1. The summed E-state index contributed by atoms with van der Waals surface area (Å²) >= 11 is 4.97. The topological polar surface area (TPSA) is 58.5 Å². The summed E-state index contributed by atoms with van der Waals surface area (Å²) in [6, 6.07) is 10.8. The van der Waals surface area contributed by atoms with Crippen LogP contribution in [0.5, 0.6) is 0 Å². The van der Waals surface area contributed by atoms with Crippen molar-refractivity contribution in [2.24, 2.45) is 4.99 Å². The molecule has 0 saturated heterocycles. The van der Waals surface area contributed by atoms with Crippen molar-refractivity contribution in [1.82, 2.24) is 4.72 Å². The summed E-state index contributed by atoms with van der Waals surface area (Å²) in [6.07, 6.45) is 0. The minimum absolute atomic E-state index is 0.293. The second-order valence-corrected chi connectivity index (χ2v) is 8.17. The summed E-state index contributed by atoms with van der Waals surface area (Å²) in [4.78, 5) is 5.72. The first-order chi connectivity index (χ1) is 9.06. The maximum Gasteiger partial charge on any atom is 0.263 e. The van der Waals surface area contributed by atoms with Crippen LogP contribution in [-0.2, 0) is 16.6 Å². The SMILES string of the molecule is O=S1(=O)NC(=NCc2ccc(Br)s2)c2ccccc21. The van der Waals surface area contributed by atoms with Crippen LogP contribution in [0.3, 0.4) is 0 Å². The number of rotatable bonds is 2. The van der Waals surface area contributed by atoms with Crippen LogP contribution >= 0.6 is 27.3 Å². The summed E-state index contributed by atoms with van der Waals surface area (Å²) in [5.74, 6) is 0.417. The molecule has 1 aromatic carbocycles. The molecule has 0 saturated carbocycles. The Morgan fingerprint density at radius 1 is 1.21 bits per heavy atom. The van der Waals surface area contributed by atoms with Crippen LogP contribution in [-0.4, -0.2) is 14.3 Å². The van der Waals surface area contributed by atoms with Gasteiger partial charge in [0.2, 0.25) is 0 Å². The maximum absolute atomic E-state index is 11.9. The first-order valence-electron chi connectivity index (χ1n) is 5.47. The molecule has 1 N–H and O–H groups in total.